The molecule has 1 aromatic heterocycles. The molecule has 4 bridgehead atoms. The van der Waals surface area contributed by atoms with Gasteiger partial charge >= 0.3 is 0 Å². The van der Waals surface area contributed by atoms with Crippen LogP contribution in [-0.2, 0) is 6.42 Å². The summed E-state index contributed by atoms with van der Waals surface area (Å²) < 4.78 is 0.230. The molecule has 4 fully saturated rings. The first-order valence-electron chi connectivity index (χ1n) is 7.78. The van der Waals surface area contributed by atoms with Gasteiger partial charge in [0.15, 0.2) is 0 Å². The highest BCUT2D eigenvalue weighted by molar-refractivity contribution is 7.81. The van der Waals surface area contributed by atoms with E-state index in [0.29, 0.717) is 0 Å². The molecule has 0 amide bonds. The Bertz CT molecular complexity index is 468. The van der Waals surface area contributed by atoms with Crippen molar-refractivity contribution in [3.63, 3.8) is 0 Å². The summed E-state index contributed by atoms with van der Waals surface area (Å²) in [7, 11) is 0. The van der Waals surface area contributed by atoms with Gasteiger partial charge in [-0.05, 0) is 74.8 Å². The highest BCUT2D eigenvalue weighted by Gasteiger charge is 2.55. The normalized spacial score (nSPS) is 43.7. The van der Waals surface area contributed by atoms with Gasteiger partial charge in [-0.2, -0.15) is 12.6 Å². The third-order valence-corrected chi connectivity index (χ3v) is 6.85. The predicted octanol–water partition coefficient (Wildman–Crippen LogP) is 4.06. The lowest BCUT2D eigenvalue weighted by molar-refractivity contribution is -0.0159. The maximum Gasteiger partial charge on any atom is 0.0420 e. The molecule has 2 heteroatoms. The first kappa shape index (κ1) is 12.3. The number of hydrogen-bond donors (Lipinski definition) is 1. The molecule has 4 saturated carbocycles. The van der Waals surface area contributed by atoms with E-state index in [9.17, 15) is 0 Å². The van der Waals surface area contributed by atoms with Gasteiger partial charge in [0, 0.05) is 22.6 Å². The first-order valence-corrected chi connectivity index (χ1v) is 8.23. The molecule has 4 aliphatic rings. The molecule has 0 spiro atoms. The van der Waals surface area contributed by atoms with Crippen molar-refractivity contribution < 1.29 is 0 Å². The van der Waals surface area contributed by atoms with Crippen molar-refractivity contribution in [1.82, 2.24) is 4.98 Å². The largest absolute Gasteiger partial charge is 0.258 e. The summed E-state index contributed by atoms with van der Waals surface area (Å²) in [5.41, 5.74) is 2.39. The molecule has 0 aliphatic heterocycles. The van der Waals surface area contributed by atoms with Crippen LogP contribution in [0.5, 0.6) is 0 Å². The van der Waals surface area contributed by atoms with Gasteiger partial charge in [-0.1, -0.05) is 6.07 Å². The van der Waals surface area contributed by atoms with E-state index in [0.717, 1.165) is 35.8 Å². The maximum absolute atomic E-state index is 5.24. The molecule has 0 radical (unpaired) electrons. The van der Waals surface area contributed by atoms with Gasteiger partial charge in [0.1, 0.15) is 0 Å². The molecule has 1 aromatic rings. The zero-order valence-electron chi connectivity index (χ0n) is 11.7. The number of thiol groups is 1. The molecular weight excluding hydrogens is 250 g/mol. The minimum atomic E-state index is 0.230. The molecule has 5 rings (SSSR count). The van der Waals surface area contributed by atoms with Crippen molar-refractivity contribution in [2.24, 2.45) is 23.7 Å². The molecule has 1 heterocycles. The number of aromatic nitrogens is 1. The monoisotopic (exact) mass is 273 g/mol. The van der Waals surface area contributed by atoms with Crippen LogP contribution < -0.4 is 0 Å². The standard InChI is InChI=1S/C17H23NS/c1-11-3-2-4-16(18-11)10-17(19)14-6-12-5-13(8-14)9-15(17)7-12/h2-4,12-15,19H,5-10H2,1H3. The minimum absolute atomic E-state index is 0.230. The molecule has 0 N–H and O–H groups in total. The summed E-state index contributed by atoms with van der Waals surface area (Å²) in [6.07, 6.45) is 8.32. The van der Waals surface area contributed by atoms with Crippen LogP contribution in [0.25, 0.3) is 0 Å². The molecule has 102 valence electrons. The van der Waals surface area contributed by atoms with Gasteiger partial charge in [-0.3, -0.25) is 4.98 Å². The third-order valence-electron chi connectivity index (χ3n) is 5.96. The second kappa shape index (κ2) is 4.25. The summed E-state index contributed by atoms with van der Waals surface area (Å²) in [6.45, 7) is 2.09. The van der Waals surface area contributed by atoms with Gasteiger partial charge in [-0.25, -0.2) is 0 Å². The SMILES string of the molecule is Cc1cccc(CC2(S)C3CC4CC(C3)CC2C4)n1. The Hall–Kier alpha value is -0.500. The van der Waals surface area contributed by atoms with Crippen molar-refractivity contribution in [1.29, 1.82) is 0 Å². The molecule has 0 unspecified atom stereocenters. The Balaban J connectivity index is 1.63. The van der Waals surface area contributed by atoms with E-state index in [4.69, 9.17) is 17.6 Å². The lowest BCUT2D eigenvalue weighted by Gasteiger charge is -2.59. The van der Waals surface area contributed by atoms with Crippen LogP contribution in [0.15, 0.2) is 18.2 Å². The maximum atomic E-state index is 5.24. The fourth-order valence-corrected chi connectivity index (χ4v) is 5.86. The van der Waals surface area contributed by atoms with Gasteiger partial charge in [-0.15, -0.1) is 0 Å². The number of hydrogen-bond acceptors (Lipinski definition) is 2. The Labute approximate surface area is 121 Å². The van der Waals surface area contributed by atoms with E-state index in [1.807, 2.05) is 0 Å². The van der Waals surface area contributed by atoms with Crippen LogP contribution >= 0.6 is 12.6 Å². The molecule has 1 nitrogen and oxygen atoms in total. The van der Waals surface area contributed by atoms with Crippen molar-refractivity contribution >= 4 is 12.6 Å². The van der Waals surface area contributed by atoms with Gasteiger partial charge < -0.3 is 0 Å². The smallest absolute Gasteiger partial charge is 0.0420 e. The summed E-state index contributed by atoms with van der Waals surface area (Å²) >= 11 is 5.24. The Morgan fingerprint density at radius 3 is 2.32 bits per heavy atom. The first-order chi connectivity index (χ1) is 9.13. The van der Waals surface area contributed by atoms with E-state index in [-0.39, 0.29) is 4.75 Å². The summed E-state index contributed by atoms with van der Waals surface area (Å²) in [6, 6.07) is 6.42. The van der Waals surface area contributed by atoms with Crippen LogP contribution in [0, 0.1) is 30.6 Å². The van der Waals surface area contributed by atoms with Crippen LogP contribution in [0.1, 0.15) is 43.5 Å². The Kier molecular flexibility index (Phi) is 2.74. The molecule has 0 saturated heterocycles. The molecule has 0 aromatic carbocycles. The summed E-state index contributed by atoms with van der Waals surface area (Å²) in [5.74, 6) is 3.73. The zero-order chi connectivity index (χ0) is 13.0. The van der Waals surface area contributed by atoms with Gasteiger partial charge in [0.05, 0.1) is 0 Å². The lowest BCUT2D eigenvalue weighted by Crippen LogP contribution is -2.55. The van der Waals surface area contributed by atoms with Gasteiger partial charge in [0.2, 0.25) is 0 Å². The van der Waals surface area contributed by atoms with Crippen LogP contribution in [0.4, 0.5) is 0 Å². The average Bonchev–Trinajstić information content (AvgIpc) is 2.35. The fourth-order valence-electron chi connectivity index (χ4n) is 5.28. The van der Waals surface area contributed by atoms with E-state index in [2.05, 4.69) is 25.1 Å². The van der Waals surface area contributed by atoms with Gasteiger partial charge in [0.25, 0.3) is 0 Å². The Morgan fingerprint density at radius 1 is 1.11 bits per heavy atom. The number of aryl methyl sites for hydroxylation is 1. The third kappa shape index (κ3) is 1.94. The van der Waals surface area contributed by atoms with E-state index >= 15 is 0 Å². The van der Waals surface area contributed by atoms with Crippen molar-refractivity contribution in [2.45, 2.75) is 50.2 Å². The Morgan fingerprint density at radius 2 is 1.74 bits per heavy atom. The number of nitrogens with zero attached hydrogens (tertiary/aromatic N) is 1. The number of rotatable bonds is 2. The summed E-state index contributed by atoms with van der Waals surface area (Å²) in [5, 5.41) is 0. The zero-order valence-corrected chi connectivity index (χ0v) is 12.6. The van der Waals surface area contributed by atoms with Crippen molar-refractivity contribution in [3.05, 3.63) is 29.6 Å². The van der Waals surface area contributed by atoms with Crippen LogP contribution in [0.3, 0.4) is 0 Å². The van der Waals surface area contributed by atoms with Crippen molar-refractivity contribution in [3.8, 4) is 0 Å². The molecule has 19 heavy (non-hydrogen) atoms. The molecule has 0 atom stereocenters. The molecular formula is C17H23NS. The second-order valence-electron chi connectivity index (χ2n) is 7.24. The fraction of sp³-hybridized carbons (Fsp3) is 0.706. The highest BCUT2D eigenvalue weighted by Crippen LogP contribution is 2.61. The summed E-state index contributed by atoms with van der Waals surface area (Å²) in [4.78, 5) is 4.72. The van der Waals surface area contributed by atoms with E-state index in [1.165, 1.54) is 37.8 Å². The van der Waals surface area contributed by atoms with E-state index in [1.54, 1.807) is 0 Å². The highest BCUT2D eigenvalue weighted by atomic mass is 32.1. The minimum Gasteiger partial charge on any atom is -0.258 e. The molecule has 4 aliphatic carbocycles. The van der Waals surface area contributed by atoms with Crippen LogP contribution in [0.2, 0.25) is 0 Å². The second-order valence-corrected chi connectivity index (χ2v) is 8.08. The van der Waals surface area contributed by atoms with E-state index < -0.39 is 0 Å². The average molecular weight is 273 g/mol. The van der Waals surface area contributed by atoms with Crippen molar-refractivity contribution in [2.75, 3.05) is 0 Å². The topological polar surface area (TPSA) is 12.9 Å². The lowest BCUT2D eigenvalue weighted by atomic mass is 9.50. The quantitative estimate of drug-likeness (QED) is 0.802. The van der Waals surface area contributed by atoms with Crippen LogP contribution in [-0.4, -0.2) is 9.73 Å². The predicted molar refractivity (Wildman–Crippen MR) is 81.4 cm³/mol. The number of pyridine rings is 1.